The number of fused-ring (bicyclic) bond motifs is 21. The smallest absolute Gasteiger partial charge is 0.236 e. The largest absolute Gasteiger partial charge is 0.317 e. The summed E-state index contributed by atoms with van der Waals surface area (Å²) in [7, 11) is 0. The molecule has 0 fully saturated rings. The maximum absolute atomic E-state index is 12.3. The van der Waals surface area contributed by atoms with Gasteiger partial charge in [0, 0.05) is 32.3 Å². The average molecular weight is 949 g/mol. The van der Waals surface area contributed by atoms with Crippen LogP contribution in [0.3, 0.4) is 0 Å². The van der Waals surface area contributed by atoms with Crippen LogP contribution in [0.2, 0.25) is 0 Å². The summed E-state index contributed by atoms with van der Waals surface area (Å²) in [6.07, 6.45) is 0. The van der Waals surface area contributed by atoms with Crippen LogP contribution < -0.4 is 0 Å². The second kappa shape index (κ2) is 15.2. The maximum Gasteiger partial charge on any atom is 0.236 e. The Hall–Kier alpha value is -10.7. The summed E-state index contributed by atoms with van der Waals surface area (Å²) >= 11 is 0. The van der Waals surface area contributed by atoms with Crippen molar-refractivity contribution in [3.05, 3.63) is 241 Å². The highest BCUT2D eigenvalue weighted by Gasteiger charge is 2.34. The number of nitriles is 2. The van der Waals surface area contributed by atoms with Gasteiger partial charge in [0.25, 0.3) is 0 Å². The molecule has 3 aromatic heterocycles. The van der Waals surface area contributed by atoms with E-state index in [0.29, 0.717) is 17.1 Å². The summed E-state index contributed by atoms with van der Waals surface area (Å²) in [5, 5.41) is 43.7. The Morgan fingerprint density at radius 2 is 0.493 bits per heavy atom. The van der Waals surface area contributed by atoms with E-state index in [1.807, 2.05) is 0 Å². The van der Waals surface area contributed by atoms with Crippen molar-refractivity contribution in [1.29, 1.82) is 10.5 Å². The molecule has 0 aliphatic heterocycles. The zero-order valence-electron chi connectivity index (χ0n) is 40.0. The molecule has 0 atom stereocenters. The van der Waals surface area contributed by atoms with Crippen molar-refractivity contribution in [1.82, 2.24) is 13.7 Å². The Balaban J connectivity index is 1.20. The lowest BCUT2D eigenvalue weighted by molar-refractivity contribution is 1.08. The van der Waals surface area contributed by atoms with Crippen LogP contribution >= 0.6 is 0 Å². The summed E-state index contributed by atoms with van der Waals surface area (Å²) in [5.74, 6) is 0. The first-order chi connectivity index (χ1) is 37.1. The SMILES string of the molecule is [C-]#[N+]c1c(-n2c3ccc4ccccc4c3c3c4ccccc4ccc32)c(C#N)c(-n2c3ccc4ccccc4c3c3c4ccccc4ccc32)c(C#N)c1-n1c2ccc3ccccc3c2c2c3ccccc3ccc21. The molecule has 6 nitrogen and oxygen atoms in total. The second-order valence-electron chi connectivity index (χ2n) is 19.6. The van der Waals surface area contributed by atoms with Gasteiger partial charge < -0.3 is 13.7 Å². The lowest BCUT2D eigenvalue weighted by Gasteiger charge is -2.23. The average Bonchev–Trinajstić information content (AvgIpc) is 4.27. The molecule has 6 heteroatoms. The van der Waals surface area contributed by atoms with Crippen molar-refractivity contribution < 1.29 is 0 Å². The van der Waals surface area contributed by atoms with Crippen LogP contribution in [-0.4, -0.2) is 13.7 Å². The van der Waals surface area contributed by atoms with E-state index in [2.05, 4.69) is 249 Å². The molecule has 0 radical (unpaired) electrons. The van der Waals surface area contributed by atoms with E-state index in [1.165, 1.54) is 0 Å². The Morgan fingerprint density at radius 3 is 0.707 bits per heavy atom. The number of hydrogen-bond acceptors (Lipinski definition) is 2. The van der Waals surface area contributed by atoms with Crippen LogP contribution in [0.25, 0.3) is 152 Å². The summed E-state index contributed by atoms with van der Waals surface area (Å²) in [4.78, 5) is 4.60. The van der Waals surface area contributed by atoms with Gasteiger partial charge in [0.1, 0.15) is 12.1 Å². The highest BCUT2D eigenvalue weighted by Crippen LogP contribution is 2.52. The standard InChI is InChI=1S/C69H36N6/c1-72-66-68(74-56-34-28-42-16-4-10-22-48(42)62(56)63-49-23-11-5-17-43(49)29-35-57(63)74)52(38-70)67(73-54-32-26-40-14-2-8-20-46(40)60(54)61-47-21-9-3-15-41(47)27-33-55(61)73)53(39-71)69(66)75-58-36-30-44-18-6-12-24-50(44)64(58)65-51-25-13-7-19-45(51)31-37-59(65)75/h2-37H. The molecule has 0 spiro atoms. The van der Waals surface area contributed by atoms with E-state index < -0.39 is 0 Å². The zero-order valence-corrected chi connectivity index (χ0v) is 40.0. The number of aromatic nitrogens is 3. The summed E-state index contributed by atoms with van der Waals surface area (Å²) < 4.78 is 6.46. The highest BCUT2D eigenvalue weighted by molar-refractivity contribution is 6.32. The second-order valence-corrected chi connectivity index (χ2v) is 19.6. The van der Waals surface area contributed by atoms with Crippen molar-refractivity contribution >= 4 is 136 Å². The third kappa shape index (κ3) is 5.33. The third-order valence-electron chi connectivity index (χ3n) is 16.0. The molecule has 0 saturated heterocycles. The fourth-order valence-corrected chi connectivity index (χ4v) is 13.0. The summed E-state index contributed by atoms with van der Waals surface area (Å²) in [5.41, 5.74) is 6.96. The quantitative estimate of drug-likeness (QED) is 0.166. The molecule has 3 heterocycles. The fourth-order valence-electron chi connectivity index (χ4n) is 13.0. The molecule has 75 heavy (non-hydrogen) atoms. The normalized spacial score (nSPS) is 12.0. The Labute approximate surface area is 428 Å². The van der Waals surface area contributed by atoms with Crippen LogP contribution in [0.5, 0.6) is 0 Å². The summed E-state index contributed by atoms with van der Waals surface area (Å²) in [6, 6.07) is 81.7. The van der Waals surface area contributed by atoms with Gasteiger partial charge in [-0.1, -0.05) is 182 Å². The molecular formula is C69H36N6. The monoisotopic (exact) mass is 948 g/mol. The van der Waals surface area contributed by atoms with Crippen molar-refractivity contribution in [2.75, 3.05) is 0 Å². The van der Waals surface area contributed by atoms with Crippen LogP contribution in [0, 0.1) is 29.2 Å². The predicted molar refractivity (Wildman–Crippen MR) is 310 cm³/mol. The minimum absolute atomic E-state index is 0.198. The Kier molecular flexibility index (Phi) is 8.28. The van der Waals surface area contributed by atoms with Crippen LogP contribution in [0.15, 0.2) is 218 Å². The number of hydrogen-bond donors (Lipinski definition) is 0. The van der Waals surface area contributed by atoms with Crippen molar-refractivity contribution in [2.45, 2.75) is 0 Å². The Bertz CT molecular complexity index is 4580. The first-order valence-electron chi connectivity index (χ1n) is 25.1. The first kappa shape index (κ1) is 41.0. The van der Waals surface area contributed by atoms with E-state index in [-0.39, 0.29) is 16.8 Å². The molecule has 0 aliphatic carbocycles. The van der Waals surface area contributed by atoms with Gasteiger partial charge in [-0.15, -0.1) is 0 Å². The van der Waals surface area contributed by atoms with Crippen molar-refractivity contribution in [2.24, 2.45) is 0 Å². The van der Waals surface area contributed by atoms with Gasteiger partial charge in [0.05, 0.1) is 67.9 Å². The van der Waals surface area contributed by atoms with E-state index in [0.717, 1.165) is 130 Å². The zero-order chi connectivity index (χ0) is 49.6. The maximum atomic E-state index is 12.3. The molecule has 0 unspecified atom stereocenters. The predicted octanol–water partition coefficient (Wildman–Crippen LogP) is 18.2. The summed E-state index contributed by atoms with van der Waals surface area (Å²) in [6.45, 7) is 9.59. The van der Waals surface area contributed by atoms with Gasteiger partial charge in [-0.05, 0) is 101 Å². The van der Waals surface area contributed by atoms with Gasteiger partial charge in [0.15, 0.2) is 0 Å². The van der Waals surface area contributed by atoms with Gasteiger partial charge >= 0.3 is 0 Å². The number of rotatable bonds is 3. The lowest BCUT2D eigenvalue weighted by atomic mass is 9.99. The first-order valence-corrected chi connectivity index (χ1v) is 25.1. The van der Waals surface area contributed by atoms with Gasteiger partial charge in [-0.3, -0.25) is 0 Å². The molecular weight excluding hydrogens is 913 g/mol. The molecule has 0 saturated carbocycles. The van der Waals surface area contributed by atoms with Gasteiger partial charge in [-0.25, -0.2) is 4.85 Å². The molecule has 16 aromatic rings. The number of nitrogens with zero attached hydrogens (tertiary/aromatic N) is 6. The van der Waals surface area contributed by atoms with Gasteiger partial charge in [-0.2, -0.15) is 10.5 Å². The molecule has 16 rings (SSSR count). The van der Waals surface area contributed by atoms with Crippen LogP contribution in [-0.2, 0) is 0 Å². The fraction of sp³-hybridized carbons (Fsp3) is 0. The highest BCUT2D eigenvalue weighted by atomic mass is 15.1. The lowest BCUT2D eigenvalue weighted by Crippen LogP contribution is -2.11. The van der Waals surface area contributed by atoms with E-state index >= 15 is 0 Å². The molecule has 342 valence electrons. The van der Waals surface area contributed by atoms with E-state index in [9.17, 15) is 17.1 Å². The number of benzene rings is 13. The van der Waals surface area contributed by atoms with Crippen LogP contribution in [0.4, 0.5) is 5.69 Å². The van der Waals surface area contributed by atoms with Gasteiger partial charge in [0.2, 0.25) is 5.69 Å². The molecule has 0 N–H and O–H groups in total. The minimum atomic E-state index is 0.198. The van der Waals surface area contributed by atoms with E-state index in [4.69, 9.17) is 0 Å². The van der Waals surface area contributed by atoms with Crippen LogP contribution in [0.1, 0.15) is 11.1 Å². The molecule has 13 aromatic carbocycles. The minimum Gasteiger partial charge on any atom is -0.317 e. The van der Waals surface area contributed by atoms with Crippen molar-refractivity contribution in [3.63, 3.8) is 0 Å². The molecule has 0 aliphatic rings. The Morgan fingerprint density at radius 1 is 0.280 bits per heavy atom. The molecule has 0 bridgehead atoms. The van der Waals surface area contributed by atoms with E-state index in [1.54, 1.807) is 0 Å². The molecule has 0 amide bonds. The third-order valence-corrected chi connectivity index (χ3v) is 16.0. The van der Waals surface area contributed by atoms with Crippen molar-refractivity contribution in [3.8, 4) is 29.2 Å². The topological polar surface area (TPSA) is 66.7 Å².